The maximum absolute atomic E-state index is 12.4. The molecule has 3 aromatic rings. The molecule has 4 heteroatoms. The van der Waals surface area contributed by atoms with Crippen molar-refractivity contribution in [3.8, 4) is 16.9 Å². The monoisotopic (exact) mass is 412 g/mol. The highest BCUT2D eigenvalue weighted by Crippen LogP contribution is 2.39. The predicted molar refractivity (Wildman–Crippen MR) is 128 cm³/mol. The highest BCUT2D eigenvalue weighted by molar-refractivity contribution is 5.94. The summed E-state index contributed by atoms with van der Waals surface area (Å²) in [6.07, 6.45) is 3.02. The number of carbonyl (C=O) groups is 1. The number of nitrogens with one attached hydrogen (secondary N) is 2. The van der Waals surface area contributed by atoms with E-state index in [0.29, 0.717) is 12.1 Å². The molecule has 1 aliphatic heterocycles. The van der Waals surface area contributed by atoms with Crippen molar-refractivity contribution in [2.45, 2.75) is 25.8 Å². The molecule has 158 valence electrons. The Morgan fingerprint density at radius 3 is 2.48 bits per heavy atom. The number of fused-ring (bicyclic) bond motifs is 1. The molecule has 1 aliphatic rings. The van der Waals surface area contributed by atoms with E-state index in [-0.39, 0.29) is 11.4 Å². The van der Waals surface area contributed by atoms with Gasteiger partial charge >= 0.3 is 0 Å². The normalized spacial score (nSPS) is 14.1. The fraction of sp³-hybridized carbons (Fsp3) is 0.222. The van der Waals surface area contributed by atoms with Crippen LogP contribution in [-0.2, 0) is 0 Å². The van der Waals surface area contributed by atoms with Gasteiger partial charge in [0.1, 0.15) is 5.75 Å². The van der Waals surface area contributed by atoms with Gasteiger partial charge in [-0.05, 0) is 61.7 Å². The molecule has 3 aromatic carbocycles. The largest absolute Gasteiger partial charge is 0.496 e. The lowest BCUT2D eigenvalue weighted by molar-refractivity contribution is 0.0954. The van der Waals surface area contributed by atoms with E-state index in [0.717, 1.165) is 34.5 Å². The number of amides is 1. The van der Waals surface area contributed by atoms with Crippen LogP contribution in [0.15, 0.2) is 78.9 Å². The number of carbonyl (C=O) groups excluding carboxylic acids is 1. The highest BCUT2D eigenvalue weighted by Gasteiger charge is 2.24. The number of rotatable bonds is 6. The number of hydrogen-bond donors (Lipinski definition) is 2. The molecule has 1 heterocycles. The molecule has 0 atom stereocenters. The van der Waals surface area contributed by atoms with E-state index in [2.05, 4.69) is 54.8 Å². The zero-order valence-corrected chi connectivity index (χ0v) is 18.2. The van der Waals surface area contributed by atoms with Crippen molar-refractivity contribution in [3.05, 3.63) is 90.0 Å². The van der Waals surface area contributed by atoms with Gasteiger partial charge < -0.3 is 15.4 Å². The Labute approximate surface area is 184 Å². The molecule has 2 N–H and O–H groups in total. The van der Waals surface area contributed by atoms with Crippen LogP contribution in [-0.4, -0.2) is 25.1 Å². The SMILES string of the molecule is COc1ccccc1-c1ccc2c(c1)C(CCNC(=O)c1ccccc1)=CC(C)(C)N2. The predicted octanol–water partition coefficient (Wildman–Crippen LogP) is 5.77. The van der Waals surface area contributed by atoms with E-state index >= 15 is 0 Å². The topological polar surface area (TPSA) is 50.4 Å². The molecule has 0 fully saturated rings. The summed E-state index contributed by atoms with van der Waals surface area (Å²) < 4.78 is 5.56. The fourth-order valence-corrected chi connectivity index (χ4v) is 4.08. The van der Waals surface area contributed by atoms with E-state index in [1.807, 2.05) is 48.5 Å². The molecule has 0 aliphatic carbocycles. The van der Waals surface area contributed by atoms with E-state index in [1.165, 1.54) is 5.57 Å². The number of hydrogen-bond acceptors (Lipinski definition) is 3. The van der Waals surface area contributed by atoms with Crippen LogP contribution in [0.4, 0.5) is 5.69 Å². The molecule has 1 amide bonds. The number of benzene rings is 3. The van der Waals surface area contributed by atoms with E-state index in [9.17, 15) is 4.79 Å². The second-order valence-corrected chi connectivity index (χ2v) is 8.35. The molecule has 0 bridgehead atoms. The molecule has 4 rings (SSSR count). The Bertz CT molecular complexity index is 1120. The van der Waals surface area contributed by atoms with Crippen molar-refractivity contribution in [2.24, 2.45) is 0 Å². The van der Waals surface area contributed by atoms with Gasteiger partial charge in [0.25, 0.3) is 5.91 Å². The van der Waals surface area contributed by atoms with Gasteiger partial charge in [0.05, 0.1) is 12.6 Å². The number of methoxy groups -OCH3 is 1. The van der Waals surface area contributed by atoms with Gasteiger partial charge in [0.2, 0.25) is 0 Å². The van der Waals surface area contributed by atoms with Crippen LogP contribution in [0.2, 0.25) is 0 Å². The first-order valence-corrected chi connectivity index (χ1v) is 10.6. The van der Waals surface area contributed by atoms with E-state index in [1.54, 1.807) is 7.11 Å². The average molecular weight is 413 g/mol. The van der Waals surface area contributed by atoms with Gasteiger partial charge in [-0.15, -0.1) is 0 Å². The van der Waals surface area contributed by atoms with Gasteiger partial charge in [0.15, 0.2) is 0 Å². The minimum atomic E-state index is -0.155. The molecule has 0 aromatic heterocycles. The van der Waals surface area contributed by atoms with Crippen LogP contribution in [0.1, 0.15) is 36.2 Å². The van der Waals surface area contributed by atoms with Gasteiger partial charge in [0, 0.05) is 28.9 Å². The lowest BCUT2D eigenvalue weighted by Crippen LogP contribution is -2.32. The maximum atomic E-state index is 12.4. The summed E-state index contributed by atoms with van der Waals surface area (Å²) >= 11 is 0. The van der Waals surface area contributed by atoms with Crippen LogP contribution in [0, 0.1) is 0 Å². The lowest BCUT2D eigenvalue weighted by atomic mass is 9.87. The third-order valence-corrected chi connectivity index (χ3v) is 5.49. The van der Waals surface area contributed by atoms with Gasteiger partial charge in [-0.25, -0.2) is 0 Å². The van der Waals surface area contributed by atoms with Crippen LogP contribution < -0.4 is 15.4 Å². The average Bonchev–Trinajstić information content (AvgIpc) is 2.78. The minimum absolute atomic E-state index is 0.0441. The van der Waals surface area contributed by atoms with Crippen LogP contribution >= 0.6 is 0 Å². The summed E-state index contributed by atoms with van der Waals surface area (Å²) in [7, 11) is 1.70. The number of para-hydroxylation sites is 1. The van der Waals surface area contributed by atoms with Gasteiger partial charge in [-0.2, -0.15) is 0 Å². The molecule has 0 saturated heterocycles. The summed E-state index contributed by atoms with van der Waals surface area (Å²) in [5.74, 6) is 0.810. The summed E-state index contributed by atoms with van der Waals surface area (Å²) in [4.78, 5) is 12.4. The summed E-state index contributed by atoms with van der Waals surface area (Å²) in [6, 6.07) is 23.8. The fourth-order valence-electron chi connectivity index (χ4n) is 4.08. The van der Waals surface area contributed by atoms with Crippen molar-refractivity contribution in [2.75, 3.05) is 19.0 Å². The third kappa shape index (κ3) is 4.64. The second-order valence-electron chi connectivity index (χ2n) is 8.35. The van der Waals surface area contributed by atoms with Crippen molar-refractivity contribution in [3.63, 3.8) is 0 Å². The Morgan fingerprint density at radius 1 is 0.968 bits per heavy atom. The quantitative estimate of drug-likeness (QED) is 0.540. The van der Waals surface area contributed by atoms with Crippen molar-refractivity contribution >= 4 is 17.2 Å². The van der Waals surface area contributed by atoms with Gasteiger partial charge in [-0.1, -0.05) is 48.5 Å². The van der Waals surface area contributed by atoms with Crippen LogP contribution in [0.3, 0.4) is 0 Å². The first-order valence-electron chi connectivity index (χ1n) is 10.6. The van der Waals surface area contributed by atoms with Gasteiger partial charge in [-0.3, -0.25) is 4.79 Å². The number of ether oxygens (including phenoxy) is 1. The minimum Gasteiger partial charge on any atom is -0.496 e. The summed E-state index contributed by atoms with van der Waals surface area (Å²) in [5.41, 5.74) is 6.20. The highest BCUT2D eigenvalue weighted by atomic mass is 16.5. The number of anilines is 1. The lowest BCUT2D eigenvalue weighted by Gasteiger charge is -2.33. The Balaban J connectivity index is 1.58. The first-order chi connectivity index (χ1) is 15.0. The zero-order chi connectivity index (χ0) is 21.8. The molecule has 0 spiro atoms. The standard InChI is InChI=1S/C27H28N2O2/c1-27(2)18-21(15-16-28-26(30)19-9-5-4-6-10-19)23-17-20(13-14-24(23)29-27)22-11-7-8-12-25(22)31-3/h4-14,17-18,29H,15-16H2,1-3H3,(H,28,30). The second kappa shape index (κ2) is 8.68. The van der Waals surface area contributed by atoms with Crippen LogP contribution in [0.25, 0.3) is 16.7 Å². The van der Waals surface area contributed by atoms with Crippen molar-refractivity contribution in [1.29, 1.82) is 0 Å². The van der Waals surface area contributed by atoms with E-state index < -0.39 is 0 Å². The smallest absolute Gasteiger partial charge is 0.251 e. The van der Waals surface area contributed by atoms with Crippen molar-refractivity contribution < 1.29 is 9.53 Å². The molecule has 0 saturated carbocycles. The first kappa shape index (κ1) is 20.7. The maximum Gasteiger partial charge on any atom is 0.251 e. The molecule has 4 nitrogen and oxygen atoms in total. The Morgan fingerprint density at radius 2 is 1.71 bits per heavy atom. The zero-order valence-electron chi connectivity index (χ0n) is 18.2. The molecular weight excluding hydrogens is 384 g/mol. The third-order valence-electron chi connectivity index (χ3n) is 5.49. The summed E-state index contributed by atoms with van der Waals surface area (Å²) in [5, 5.41) is 6.65. The van der Waals surface area contributed by atoms with Crippen molar-refractivity contribution in [1.82, 2.24) is 5.32 Å². The van der Waals surface area contributed by atoms with E-state index in [4.69, 9.17) is 4.74 Å². The van der Waals surface area contributed by atoms with Crippen LogP contribution in [0.5, 0.6) is 5.75 Å². The Hall–Kier alpha value is -3.53. The molecular formula is C27H28N2O2. The molecule has 31 heavy (non-hydrogen) atoms. The Kier molecular flexibility index (Phi) is 5.81. The molecule has 0 radical (unpaired) electrons. The molecule has 0 unspecified atom stereocenters. The summed E-state index contributed by atoms with van der Waals surface area (Å²) in [6.45, 7) is 4.90.